The molecule has 118 valence electrons. The highest BCUT2D eigenvalue weighted by molar-refractivity contribution is 5.89. The summed E-state index contributed by atoms with van der Waals surface area (Å²) in [5.74, 6) is -0.491. The van der Waals surface area contributed by atoms with Gasteiger partial charge in [-0.3, -0.25) is 19.9 Å². The van der Waals surface area contributed by atoms with Crippen LogP contribution >= 0.6 is 0 Å². The molecule has 2 rings (SSSR count). The first-order valence-corrected chi connectivity index (χ1v) is 6.30. The second kappa shape index (κ2) is 6.52. The van der Waals surface area contributed by atoms with E-state index < -0.39 is 27.8 Å². The van der Waals surface area contributed by atoms with E-state index in [-0.39, 0.29) is 5.69 Å². The van der Waals surface area contributed by atoms with Crippen molar-refractivity contribution in [3.63, 3.8) is 0 Å². The van der Waals surface area contributed by atoms with Crippen molar-refractivity contribution in [3.8, 4) is 0 Å². The van der Waals surface area contributed by atoms with Crippen molar-refractivity contribution in [1.29, 1.82) is 0 Å². The van der Waals surface area contributed by atoms with Crippen molar-refractivity contribution in [2.75, 3.05) is 7.11 Å². The van der Waals surface area contributed by atoms with Crippen LogP contribution in [0.25, 0.3) is 12.2 Å². The summed E-state index contributed by atoms with van der Waals surface area (Å²) >= 11 is 0. The molecule has 1 aromatic carbocycles. The first-order valence-electron chi connectivity index (χ1n) is 6.30. The molecule has 0 atom stereocenters. The maximum atomic E-state index is 11.5. The number of esters is 1. The monoisotopic (exact) mass is 317 g/mol. The van der Waals surface area contributed by atoms with Crippen LogP contribution in [0, 0.1) is 10.1 Å². The number of carbonyl (C=O) groups is 1. The van der Waals surface area contributed by atoms with Crippen molar-refractivity contribution >= 4 is 23.8 Å². The Hall–Kier alpha value is -3.49. The number of benzene rings is 1. The number of carbonyl (C=O) groups excluding carboxylic acids is 1. The Morgan fingerprint density at radius 1 is 1.17 bits per heavy atom. The van der Waals surface area contributed by atoms with Gasteiger partial charge in [0.25, 0.3) is 0 Å². The lowest BCUT2D eigenvalue weighted by atomic mass is 10.1. The molecule has 2 N–H and O–H groups in total. The molecule has 9 heteroatoms. The quantitative estimate of drug-likeness (QED) is 0.489. The number of rotatable bonds is 4. The molecule has 23 heavy (non-hydrogen) atoms. The minimum atomic E-state index is -1.08. The maximum Gasteiger partial charge on any atom is 0.357 e. The first kappa shape index (κ1) is 15.9. The highest BCUT2D eigenvalue weighted by atomic mass is 16.6. The van der Waals surface area contributed by atoms with Gasteiger partial charge in [-0.15, -0.1) is 0 Å². The second-order valence-electron chi connectivity index (χ2n) is 4.37. The summed E-state index contributed by atoms with van der Waals surface area (Å²) in [6.45, 7) is 0. The van der Waals surface area contributed by atoms with E-state index in [1.165, 1.54) is 31.4 Å². The van der Waals surface area contributed by atoms with Gasteiger partial charge in [0.1, 0.15) is 5.69 Å². The Kier molecular flexibility index (Phi) is 4.50. The molecule has 0 radical (unpaired) electrons. The number of nitrogens with zero attached hydrogens (tertiary/aromatic N) is 1. The van der Waals surface area contributed by atoms with Crippen LogP contribution in [-0.4, -0.2) is 28.0 Å². The number of ether oxygens (including phenoxy) is 1. The summed E-state index contributed by atoms with van der Waals surface area (Å²) in [5.41, 5.74) is -1.96. The number of hydrogen-bond acceptors (Lipinski definition) is 6. The van der Waals surface area contributed by atoms with E-state index in [4.69, 9.17) is 0 Å². The number of nitro groups is 1. The molecule has 9 nitrogen and oxygen atoms in total. The summed E-state index contributed by atoms with van der Waals surface area (Å²) in [6, 6.07) is 6.20. The molecule has 2 aromatic rings. The zero-order chi connectivity index (χ0) is 17.0. The number of nitrogens with one attached hydrogen (secondary N) is 2. The van der Waals surface area contributed by atoms with Gasteiger partial charge in [0.05, 0.1) is 17.6 Å². The lowest BCUT2D eigenvalue weighted by Gasteiger charge is -1.99. The maximum absolute atomic E-state index is 11.5. The van der Waals surface area contributed by atoms with Crippen LogP contribution in [0.4, 0.5) is 5.69 Å². The number of H-pyrrole nitrogens is 2. The van der Waals surface area contributed by atoms with Crippen molar-refractivity contribution in [3.05, 3.63) is 72.0 Å². The van der Waals surface area contributed by atoms with E-state index in [0.717, 1.165) is 0 Å². The van der Waals surface area contributed by atoms with Crippen LogP contribution in [0.2, 0.25) is 0 Å². The average molecular weight is 317 g/mol. The van der Waals surface area contributed by atoms with Crippen molar-refractivity contribution in [2.45, 2.75) is 0 Å². The molecule has 0 amide bonds. The van der Waals surface area contributed by atoms with Gasteiger partial charge in [-0.25, -0.2) is 9.59 Å². The van der Waals surface area contributed by atoms with Crippen LogP contribution in [0.3, 0.4) is 0 Å². The Bertz CT molecular complexity index is 892. The molecule has 1 heterocycles. The highest BCUT2D eigenvalue weighted by Crippen LogP contribution is 2.13. The van der Waals surface area contributed by atoms with E-state index >= 15 is 0 Å². The predicted octanol–water partition coefficient (Wildman–Crippen LogP) is 0.928. The molecule has 0 bridgehead atoms. The fraction of sp³-hybridized carbons (Fsp3) is 0.0714. The van der Waals surface area contributed by atoms with Crippen LogP contribution in [0.15, 0.2) is 33.9 Å². The number of methoxy groups -OCH3 is 1. The molecule has 1 aromatic heterocycles. The van der Waals surface area contributed by atoms with Gasteiger partial charge in [-0.2, -0.15) is 0 Å². The molecule has 0 fully saturated rings. The lowest BCUT2D eigenvalue weighted by Crippen LogP contribution is -2.25. The number of aromatic amines is 2. The Morgan fingerprint density at radius 2 is 1.83 bits per heavy atom. The van der Waals surface area contributed by atoms with Crippen molar-refractivity contribution in [1.82, 2.24) is 9.97 Å². The van der Waals surface area contributed by atoms with Gasteiger partial charge in [-0.05, 0) is 23.8 Å². The molecule has 0 aliphatic carbocycles. The third kappa shape index (κ3) is 3.59. The second-order valence-corrected chi connectivity index (χ2v) is 4.37. The first-order chi connectivity index (χ1) is 10.9. The van der Waals surface area contributed by atoms with Crippen molar-refractivity contribution in [2.24, 2.45) is 0 Å². The molecular weight excluding hydrogens is 306 g/mol. The average Bonchev–Trinajstić information content (AvgIpc) is 2.51. The molecule has 0 spiro atoms. The SMILES string of the molecule is COC(=O)c1ccc(/C=C\c2[nH]c(=O)[nH]c(=O)c2[N+](=O)[O-])cc1. The third-order valence-corrected chi connectivity index (χ3v) is 2.90. The summed E-state index contributed by atoms with van der Waals surface area (Å²) in [7, 11) is 1.26. The zero-order valence-electron chi connectivity index (χ0n) is 11.9. The third-order valence-electron chi connectivity index (χ3n) is 2.90. The molecular formula is C14H11N3O6. The fourth-order valence-electron chi connectivity index (χ4n) is 1.83. The van der Waals surface area contributed by atoms with E-state index in [1.807, 2.05) is 0 Å². The number of aromatic nitrogens is 2. The van der Waals surface area contributed by atoms with E-state index in [0.29, 0.717) is 11.1 Å². The molecule has 0 saturated heterocycles. The van der Waals surface area contributed by atoms with Gasteiger partial charge in [0, 0.05) is 0 Å². The van der Waals surface area contributed by atoms with Gasteiger partial charge < -0.3 is 9.72 Å². The normalized spacial score (nSPS) is 10.7. The minimum absolute atomic E-state index is 0.221. The van der Waals surface area contributed by atoms with Gasteiger partial charge in [0.15, 0.2) is 0 Å². The molecule has 0 aliphatic heterocycles. The summed E-state index contributed by atoms with van der Waals surface area (Å²) in [6.07, 6.45) is 2.70. The van der Waals surface area contributed by atoms with Crippen LogP contribution in [-0.2, 0) is 4.74 Å². The summed E-state index contributed by atoms with van der Waals surface area (Å²) in [4.78, 5) is 48.0. The van der Waals surface area contributed by atoms with Gasteiger partial charge >= 0.3 is 22.9 Å². The van der Waals surface area contributed by atoms with Crippen LogP contribution in [0.1, 0.15) is 21.6 Å². The van der Waals surface area contributed by atoms with Crippen LogP contribution < -0.4 is 11.2 Å². The lowest BCUT2D eigenvalue weighted by molar-refractivity contribution is -0.386. The largest absolute Gasteiger partial charge is 0.465 e. The predicted molar refractivity (Wildman–Crippen MR) is 81.0 cm³/mol. The van der Waals surface area contributed by atoms with E-state index in [9.17, 15) is 24.5 Å². The van der Waals surface area contributed by atoms with Crippen molar-refractivity contribution < 1.29 is 14.5 Å². The molecule has 0 aliphatic rings. The Balaban J connectivity index is 2.37. The highest BCUT2D eigenvalue weighted by Gasteiger charge is 2.18. The Labute approximate surface area is 128 Å². The Morgan fingerprint density at radius 3 is 2.39 bits per heavy atom. The smallest absolute Gasteiger partial charge is 0.357 e. The number of hydrogen-bond donors (Lipinski definition) is 2. The molecule has 0 saturated carbocycles. The minimum Gasteiger partial charge on any atom is -0.465 e. The summed E-state index contributed by atoms with van der Waals surface area (Å²) in [5, 5.41) is 10.9. The van der Waals surface area contributed by atoms with E-state index in [2.05, 4.69) is 9.72 Å². The summed E-state index contributed by atoms with van der Waals surface area (Å²) < 4.78 is 4.56. The molecule has 0 unspecified atom stereocenters. The standard InChI is InChI=1S/C14H11N3O6/c1-23-13(19)9-5-2-8(3-6-9)4-7-10-11(17(21)22)12(18)16-14(20)15-10/h2-7H,1H3,(H2,15,16,18,20)/b7-4-. The fourth-order valence-corrected chi connectivity index (χ4v) is 1.83. The van der Waals surface area contributed by atoms with Gasteiger partial charge in [0.2, 0.25) is 0 Å². The zero-order valence-corrected chi connectivity index (χ0v) is 11.9. The van der Waals surface area contributed by atoms with Crippen LogP contribution in [0.5, 0.6) is 0 Å². The van der Waals surface area contributed by atoms with Gasteiger partial charge in [-0.1, -0.05) is 18.2 Å². The topological polar surface area (TPSA) is 135 Å². The van der Waals surface area contributed by atoms with E-state index in [1.54, 1.807) is 17.1 Å².